The minimum absolute atomic E-state index is 0.00335. The van der Waals surface area contributed by atoms with Crippen molar-refractivity contribution in [1.82, 2.24) is 9.97 Å². The van der Waals surface area contributed by atoms with E-state index in [-0.39, 0.29) is 5.41 Å². The third-order valence-electron chi connectivity index (χ3n) is 9.30. The van der Waals surface area contributed by atoms with Crippen molar-refractivity contribution in [3.05, 3.63) is 132 Å². The van der Waals surface area contributed by atoms with Gasteiger partial charge in [-0.3, -0.25) is 0 Å². The van der Waals surface area contributed by atoms with E-state index in [9.17, 15) is 5.26 Å². The van der Waals surface area contributed by atoms with Crippen LogP contribution < -0.4 is 0 Å². The molecule has 6 aromatic rings. The van der Waals surface area contributed by atoms with E-state index >= 15 is 0 Å². The predicted molar refractivity (Wildman–Crippen MR) is 170 cm³/mol. The Morgan fingerprint density at radius 2 is 1.36 bits per heavy atom. The summed E-state index contributed by atoms with van der Waals surface area (Å²) < 4.78 is 0. The summed E-state index contributed by atoms with van der Waals surface area (Å²) in [5, 5.41) is 12.2. The van der Waals surface area contributed by atoms with Gasteiger partial charge in [0.25, 0.3) is 0 Å². The van der Waals surface area contributed by atoms with Crippen molar-refractivity contribution in [2.45, 2.75) is 37.5 Å². The Morgan fingerprint density at radius 1 is 0.571 bits per heavy atom. The molecule has 3 nitrogen and oxygen atoms in total. The molecule has 0 N–H and O–H groups in total. The van der Waals surface area contributed by atoms with Gasteiger partial charge in [-0.1, -0.05) is 110 Å². The Morgan fingerprint density at radius 3 is 2.19 bits per heavy atom. The van der Waals surface area contributed by atoms with Crippen LogP contribution in [-0.2, 0) is 5.41 Å². The Bertz CT molecular complexity index is 2030. The second kappa shape index (κ2) is 9.79. The van der Waals surface area contributed by atoms with Crippen LogP contribution in [0.3, 0.4) is 0 Å². The number of benzene rings is 5. The zero-order chi connectivity index (χ0) is 28.1. The fourth-order valence-corrected chi connectivity index (χ4v) is 7.33. The van der Waals surface area contributed by atoms with E-state index in [1.54, 1.807) is 0 Å². The molecular formula is C39H29N3. The highest BCUT2D eigenvalue weighted by atomic mass is 14.9. The maximum absolute atomic E-state index is 9.83. The molecule has 42 heavy (non-hydrogen) atoms. The highest BCUT2D eigenvalue weighted by Crippen LogP contribution is 2.58. The Hall–Kier alpha value is -5.07. The monoisotopic (exact) mass is 539 g/mol. The number of hydrogen-bond acceptors (Lipinski definition) is 3. The minimum atomic E-state index is 0.00335. The van der Waals surface area contributed by atoms with E-state index in [2.05, 4.69) is 109 Å². The molecular weight excluding hydrogens is 510 g/mol. The lowest BCUT2D eigenvalue weighted by molar-refractivity contribution is 0.353. The van der Waals surface area contributed by atoms with E-state index in [0.717, 1.165) is 40.9 Å². The smallest absolute Gasteiger partial charge is 0.160 e. The summed E-state index contributed by atoms with van der Waals surface area (Å²) in [7, 11) is 0. The largest absolute Gasteiger partial charge is 0.228 e. The fraction of sp³-hybridized carbons (Fsp3) is 0.154. The number of rotatable bonds is 3. The second-order valence-electron chi connectivity index (χ2n) is 11.6. The van der Waals surface area contributed by atoms with Gasteiger partial charge in [0.1, 0.15) is 0 Å². The van der Waals surface area contributed by atoms with Gasteiger partial charge in [0.15, 0.2) is 5.82 Å². The summed E-state index contributed by atoms with van der Waals surface area (Å²) in [6, 6.07) is 42.8. The van der Waals surface area contributed by atoms with Crippen LogP contribution in [0.1, 0.15) is 48.8 Å². The number of aromatic nitrogens is 2. The zero-order valence-corrected chi connectivity index (χ0v) is 23.3. The maximum Gasteiger partial charge on any atom is 0.160 e. The molecule has 2 aliphatic carbocycles. The van der Waals surface area contributed by atoms with E-state index in [1.807, 2.05) is 12.1 Å². The molecule has 0 saturated heterocycles. The van der Waals surface area contributed by atoms with Crippen molar-refractivity contribution in [1.29, 1.82) is 5.26 Å². The van der Waals surface area contributed by atoms with Crippen molar-refractivity contribution in [3.63, 3.8) is 0 Å². The van der Waals surface area contributed by atoms with E-state index in [1.165, 1.54) is 52.3 Å². The molecule has 5 aromatic carbocycles. The topological polar surface area (TPSA) is 49.6 Å². The summed E-state index contributed by atoms with van der Waals surface area (Å²) in [6.07, 6.45) is 6.01. The van der Waals surface area contributed by atoms with Crippen LogP contribution in [0.2, 0.25) is 0 Å². The van der Waals surface area contributed by atoms with Gasteiger partial charge in [0.05, 0.1) is 23.0 Å². The molecule has 1 heterocycles. The van der Waals surface area contributed by atoms with E-state index < -0.39 is 0 Å². The molecule has 3 heteroatoms. The Kier molecular flexibility index (Phi) is 5.76. The first-order chi connectivity index (χ1) is 20.7. The van der Waals surface area contributed by atoms with E-state index in [0.29, 0.717) is 11.4 Å². The summed E-state index contributed by atoms with van der Waals surface area (Å²) in [4.78, 5) is 10.4. The maximum atomic E-state index is 9.83. The number of fused-ring (bicyclic) bond motifs is 6. The predicted octanol–water partition coefficient (Wildman–Crippen LogP) is 9.73. The third kappa shape index (κ3) is 3.87. The van der Waals surface area contributed by atoms with Gasteiger partial charge in [0.2, 0.25) is 0 Å². The zero-order valence-electron chi connectivity index (χ0n) is 23.3. The highest BCUT2D eigenvalue weighted by molar-refractivity contribution is 5.93. The SMILES string of the molecule is N#Cc1ccc2c(c1)-c1c(-c3cc(-c4ccccc4)nc(-c4ccc5ccccc5c4)n3)cccc1C21CCCCC1. The lowest BCUT2D eigenvalue weighted by atomic mass is 9.67. The minimum Gasteiger partial charge on any atom is -0.228 e. The first-order valence-corrected chi connectivity index (χ1v) is 14.9. The van der Waals surface area contributed by atoms with Crippen molar-refractivity contribution in [2.75, 3.05) is 0 Å². The molecule has 1 aromatic heterocycles. The summed E-state index contributed by atoms with van der Waals surface area (Å²) >= 11 is 0. The molecule has 0 radical (unpaired) electrons. The van der Waals surface area contributed by atoms with E-state index in [4.69, 9.17) is 9.97 Å². The molecule has 200 valence electrons. The normalized spacial score (nSPS) is 14.8. The average molecular weight is 540 g/mol. The van der Waals surface area contributed by atoms with Crippen LogP contribution in [0.25, 0.3) is 55.8 Å². The van der Waals surface area contributed by atoms with Crippen LogP contribution in [0.4, 0.5) is 0 Å². The van der Waals surface area contributed by atoms with Crippen LogP contribution in [0, 0.1) is 11.3 Å². The third-order valence-corrected chi connectivity index (χ3v) is 9.30. The number of hydrogen-bond donors (Lipinski definition) is 0. The first-order valence-electron chi connectivity index (χ1n) is 14.9. The lowest BCUT2D eigenvalue weighted by Gasteiger charge is -2.36. The molecule has 8 rings (SSSR count). The molecule has 0 aliphatic heterocycles. The number of nitrogens with zero attached hydrogens (tertiary/aromatic N) is 3. The quantitative estimate of drug-likeness (QED) is 0.225. The molecule has 0 unspecified atom stereocenters. The van der Waals surface area contributed by atoms with Gasteiger partial charge in [-0.25, -0.2) is 9.97 Å². The molecule has 1 fully saturated rings. The van der Waals surface area contributed by atoms with Gasteiger partial charge in [-0.15, -0.1) is 0 Å². The fourth-order valence-electron chi connectivity index (χ4n) is 7.33. The summed E-state index contributed by atoms with van der Waals surface area (Å²) in [5.41, 5.74) is 10.9. The highest BCUT2D eigenvalue weighted by Gasteiger charge is 2.44. The standard InChI is InChI=1S/C39H29N3/c40-25-26-16-19-33-32(22-26)37-31(14-9-15-34(37)39(33)20-7-2-8-21-39)36-24-35(28-11-3-1-4-12-28)41-38(42-36)30-18-17-27-10-5-6-13-29(27)23-30/h1,3-6,9-19,22-24H,2,7-8,20-21H2. The summed E-state index contributed by atoms with van der Waals surface area (Å²) in [5.74, 6) is 0.714. The Balaban J connectivity index is 1.39. The van der Waals surface area contributed by atoms with Crippen molar-refractivity contribution >= 4 is 10.8 Å². The lowest BCUT2D eigenvalue weighted by Crippen LogP contribution is -2.28. The van der Waals surface area contributed by atoms with Crippen LogP contribution in [0.15, 0.2) is 115 Å². The Labute approximate surface area is 246 Å². The van der Waals surface area contributed by atoms with Crippen molar-refractivity contribution < 1.29 is 0 Å². The van der Waals surface area contributed by atoms with Crippen LogP contribution in [-0.4, -0.2) is 9.97 Å². The summed E-state index contributed by atoms with van der Waals surface area (Å²) in [6.45, 7) is 0. The average Bonchev–Trinajstić information content (AvgIpc) is 3.33. The molecule has 1 saturated carbocycles. The van der Waals surface area contributed by atoms with Gasteiger partial charge >= 0.3 is 0 Å². The molecule has 2 aliphatic rings. The van der Waals surface area contributed by atoms with Gasteiger partial charge in [-0.05, 0) is 70.1 Å². The second-order valence-corrected chi connectivity index (χ2v) is 11.6. The molecule has 0 amide bonds. The molecule has 0 bridgehead atoms. The van der Waals surface area contributed by atoms with Crippen molar-refractivity contribution in [2.24, 2.45) is 0 Å². The van der Waals surface area contributed by atoms with Crippen LogP contribution >= 0.6 is 0 Å². The number of nitriles is 1. The molecule has 0 atom stereocenters. The van der Waals surface area contributed by atoms with Crippen molar-refractivity contribution in [3.8, 4) is 51.1 Å². The van der Waals surface area contributed by atoms with Gasteiger partial charge < -0.3 is 0 Å². The van der Waals surface area contributed by atoms with Gasteiger partial charge in [0, 0.05) is 22.1 Å². The first kappa shape index (κ1) is 24.7. The molecule has 1 spiro atoms. The van der Waals surface area contributed by atoms with Crippen LogP contribution in [0.5, 0.6) is 0 Å². The van der Waals surface area contributed by atoms with Gasteiger partial charge in [-0.2, -0.15) is 5.26 Å².